The largest absolute Gasteiger partial charge is 0.504 e. The molecule has 6 heteroatoms. The number of nitrogens with zero attached hydrogens (tertiary/aromatic N) is 1. The van der Waals surface area contributed by atoms with Crippen molar-refractivity contribution in [1.82, 2.24) is 4.90 Å². The summed E-state index contributed by atoms with van der Waals surface area (Å²) in [5.74, 6) is 0.518. The Morgan fingerprint density at radius 2 is 2.14 bits per heavy atom. The Balaban J connectivity index is 2.03. The second-order valence-corrected chi connectivity index (χ2v) is 6.97. The summed E-state index contributed by atoms with van der Waals surface area (Å²) in [5, 5.41) is 19.2. The summed E-state index contributed by atoms with van der Waals surface area (Å²) in [6.45, 7) is 4.90. The predicted octanol–water partition coefficient (Wildman–Crippen LogP) is 1.32. The maximum absolute atomic E-state index is 12.5. The fourth-order valence-corrected chi connectivity index (χ4v) is 3.59. The summed E-state index contributed by atoms with van der Waals surface area (Å²) in [4.78, 5) is 14.3. The Morgan fingerprint density at radius 3 is 2.81 bits per heavy atom. The zero-order valence-electron chi connectivity index (χ0n) is 12.3. The second-order valence-electron chi connectivity index (χ2n) is 5.48. The molecule has 5 nitrogen and oxygen atoms in total. The first-order valence-corrected chi connectivity index (χ1v) is 8.13. The van der Waals surface area contributed by atoms with E-state index in [1.165, 1.54) is 12.1 Å². The number of carbonyl (C=O) groups is 1. The molecule has 4 N–H and O–H groups in total. The van der Waals surface area contributed by atoms with Crippen LogP contribution in [0.4, 0.5) is 0 Å². The molecule has 116 valence electrons. The van der Waals surface area contributed by atoms with Crippen LogP contribution in [0.5, 0.6) is 11.5 Å². The number of amides is 1. The zero-order valence-corrected chi connectivity index (χ0v) is 13.1. The Bertz CT molecular complexity index is 524. The first-order chi connectivity index (χ1) is 9.90. The van der Waals surface area contributed by atoms with Crippen molar-refractivity contribution in [3.05, 3.63) is 23.8 Å². The van der Waals surface area contributed by atoms with E-state index in [9.17, 15) is 15.0 Å². The number of thioether (sulfide) groups is 1. The summed E-state index contributed by atoms with van der Waals surface area (Å²) in [6, 6.07) is 4.06. The molecule has 1 saturated heterocycles. The molecule has 0 spiro atoms. The number of aromatic hydroxyl groups is 2. The topological polar surface area (TPSA) is 86.8 Å². The summed E-state index contributed by atoms with van der Waals surface area (Å²) < 4.78 is 0. The molecular weight excluding hydrogens is 288 g/mol. The predicted molar refractivity (Wildman–Crippen MR) is 84.5 cm³/mol. The van der Waals surface area contributed by atoms with Gasteiger partial charge < -0.3 is 20.8 Å². The van der Waals surface area contributed by atoms with Crippen LogP contribution in [0.1, 0.15) is 19.4 Å². The molecule has 0 radical (unpaired) electrons. The average Bonchev–Trinajstić information content (AvgIpc) is 2.45. The third-order valence-corrected chi connectivity index (χ3v) is 5.32. The summed E-state index contributed by atoms with van der Waals surface area (Å²) >= 11 is 1.87. The van der Waals surface area contributed by atoms with Gasteiger partial charge in [-0.3, -0.25) is 4.79 Å². The first kappa shape index (κ1) is 16.0. The fraction of sp³-hybridized carbons (Fsp3) is 0.533. The molecule has 0 aromatic heterocycles. The lowest BCUT2D eigenvalue weighted by Gasteiger charge is -2.38. The van der Waals surface area contributed by atoms with Crippen molar-refractivity contribution in [2.75, 3.05) is 12.3 Å². The fourth-order valence-electron chi connectivity index (χ4n) is 2.49. The molecule has 0 bridgehead atoms. The van der Waals surface area contributed by atoms with Crippen LogP contribution >= 0.6 is 11.8 Å². The lowest BCUT2D eigenvalue weighted by molar-refractivity contribution is -0.134. The molecule has 3 atom stereocenters. The minimum absolute atomic E-state index is 0.0535. The van der Waals surface area contributed by atoms with Crippen molar-refractivity contribution >= 4 is 17.7 Å². The molecule has 2 rings (SSSR count). The highest BCUT2D eigenvalue weighted by atomic mass is 32.2. The number of phenolic OH excluding ortho intramolecular Hbond substituents is 2. The number of benzene rings is 1. The number of rotatable bonds is 3. The van der Waals surface area contributed by atoms with Crippen molar-refractivity contribution < 1.29 is 15.0 Å². The molecular formula is C15H22N2O3S. The monoisotopic (exact) mass is 310 g/mol. The van der Waals surface area contributed by atoms with E-state index in [2.05, 4.69) is 6.92 Å². The van der Waals surface area contributed by atoms with Gasteiger partial charge in [-0.1, -0.05) is 13.0 Å². The normalized spacial score (nSPS) is 23.9. The average molecular weight is 310 g/mol. The smallest absolute Gasteiger partial charge is 0.240 e. The van der Waals surface area contributed by atoms with Crippen LogP contribution in [0.25, 0.3) is 0 Å². The van der Waals surface area contributed by atoms with Gasteiger partial charge in [0.1, 0.15) is 0 Å². The molecule has 1 aliphatic heterocycles. The lowest BCUT2D eigenvalue weighted by atomic mass is 10.0. The van der Waals surface area contributed by atoms with Crippen molar-refractivity contribution in [2.45, 2.75) is 37.6 Å². The Hall–Kier alpha value is -1.40. The standard InChI is InChI=1S/C15H22N2O3S/c1-9-10(2)21-6-5-17(9)15(20)12(16)7-11-3-4-13(18)14(19)8-11/h3-4,8-10,12,18-19H,5-7,16H2,1-2H3/t9?,10?,12-/m0/s1. The van der Waals surface area contributed by atoms with Gasteiger partial charge in [0.15, 0.2) is 11.5 Å². The zero-order chi connectivity index (χ0) is 15.6. The van der Waals surface area contributed by atoms with E-state index in [1.54, 1.807) is 6.07 Å². The molecule has 0 saturated carbocycles. The highest BCUT2D eigenvalue weighted by molar-refractivity contribution is 8.00. The van der Waals surface area contributed by atoms with Crippen LogP contribution in [0.2, 0.25) is 0 Å². The molecule has 1 fully saturated rings. The molecule has 1 aromatic rings. The molecule has 21 heavy (non-hydrogen) atoms. The third-order valence-electron chi connectivity index (χ3n) is 3.98. The van der Waals surface area contributed by atoms with Gasteiger partial charge in [-0.2, -0.15) is 11.8 Å². The number of hydrogen-bond donors (Lipinski definition) is 3. The van der Waals surface area contributed by atoms with Crippen LogP contribution in [0, 0.1) is 0 Å². The van der Waals surface area contributed by atoms with E-state index in [0.29, 0.717) is 11.7 Å². The number of nitrogens with two attached hydrogens (primary N) is 1. The van der Waals surface area contributed by atoms with E-state index in [0.717, 1.165) is 17.9 Å². The van der Waals surface area contributed by atoms with Gasteiger partial charge in [0.2, 0.25) is 5.91 Å². The van der Waals surface area contributed by atoms with Crippen LogP contribution < -0.4 is 5.73 Å². The SMILES string of the molecule is CC1SCCN(C(=O)[C@@H](N)Cc2ccc(O)c(O)c2)C1C. The van der Waals surface area contributed by atoms with Crippen LogP contribution in [-0.2, 0) is 11.2 Å². The van der Waals surface area contributed by atoms with Gasteiger partial charge in [-0.15, -0.1) is 0 Å². The quantitative estimate of drug-likeness (QED) is 0.733. The summed E-state index contributed by atoms with van der Waals surface area (Å²) in [7, 11) is 0. The van der Waals surface area contributed by atoms with E-state index in [4.69, 9.17) is 5.73 Å². The summed E-state index contributed by atoms with van der Waals surface area (Å²) in [6.07, 6.45) is 0.345. The molecule has 1 aliphatic rings. The van der Waals surface area contributed by atoms with Crippen molar-refractivity contribution in [2.24, 2.45) is 5.73 Å². The van der Waals surface area contributed by atoms with Gasteiger partial charge in [0.05, 0.1) is 6.04 Å². The van der Waals surface area contributed by atoms with Gasteiger partial charge in [-0.25, -0.2) is 0 Å². The molecule has 2 unspecified atom stereocenters. The Morgan fingerprint density at radius 1 is 1.43 bits per heavy atom. The number of carbonyl (C=O) groups excluding carboxylic acids is 1. The van der Waals surface area contributed by atoms with Crippen molar-refractivity contribution in [1.29, 1.82) is 0 Å². The van der Waals surface area contributed by atoms with Gasteiger partial charge in [0, 0.05) is 23.6 Å². The molecule has 1 heterocycles. The van der Waals surface area contributed by atoms with E-state index in [-0.39, 0.29) is 23.4 Å². The Kier molecular flexibility index (Phi) is 5.00. The second kappa shape index (κ2) is 6.58. The van der Waals surface area contributed by atoms with Gasteiger partial charge >= 0.3 is 0 Å². The van der Waals surface area contributed by atoms with Gasteiger partial charge in [-0.05, 0) is 31.0 Å². The van der Waals surface area contributed by atoms with E-state index < -0.39 is 6.04 Å². The minimum atomic E-state index is -0.633. The highest BCUT2D eigenvalue weighted by Gasteiger charge is 2.31. The minimum Gasteiger partial charge on any atom is -0.504 e. The van der Waals surface area contributed by atoms with Crippen LogP contribution in [0.15, 0.2) is 18.2 Å². The lowest BCUT2D eigenvalue weighted by Crippen LogP contribution is -2.54. The maximum Gasteiger partial charge on any atom is 0.240 e. The molecule has 1 amide bonds. The van der Waals surface area contributed by atoms with E-state index in [1.807, 2.05) is 23.6 Å². The third kappa shape index (κ3) is 3.63. The number of phenols is 2. The maximum atomic E-state index is 12.5. The van der Waals surface area contributed by atoms with Crippen molar-refractivity contribution in [3.63, 3.8) is 0 Å². The van der Waals surface area contributed by atoms with Crippen LogP contribution in [-0.4, -0.2) is 50.7 Å². The Labute approximate surface area is 129 Å². The highest BCUT2D eigenvalue weighted by Crippen LogP contribution is 2.27. The molecule has 0 aliphatic carbocycles. The summed E-state index contributed by atoms with van der Waals surface area (Å²) in [5.41, 5.74) is 6.77. The first-order valence-electron chi connectivity index (χ1n) is 7.08. The van der Waals surface area contributed by atoms with Crippen molar-refractivity contribution in [3.8, 4) is 11.5 Å². The van der Waals surface area contributed by atoms with Gasteiger partial charge in [0.25, 0.3) is 0 Å². The van der Waals surface area contributed by atoms with E-state index >= 15 is 0 Å². The molecule has 1 aromatic carbocycles. The van der Waals surface area contributed by atoms with Crippen LogP contribution in [0.3, 0.4) is 0 Å². The number of hydrogen-bond acceptors (Lipinski definition) is 5.